The van der Waals surface area contributed by atoms with Crippen LogP contribution in [-0.4, -0.2) is 56.6 Å². The summed E-state index contributed by atoms with van der Waals surface area (Å²) in [5.41, 5.74) is 4.51. The molecule has 10 heteroatoms. The Morgan fingerprint density at radius 2 is 1.24 bits per heavy atom. The molecule has 2 aromatic carbocycles. The fourth-order valence-electron chi connectivity index (χ4n) is 6.60. The molecule has 2 saturated heterocycles. The summed E-state index contributed by atoms with van der Waals surface area (Å²) in [5.74, 6) is 0.267. The molecular formula is C36H39N5O3S2. The highest BCUT2D eigenvalue weighted by Gasteiger charge is 2.37. The molecule has 7 rings (SSSR count). The minimum atomic E-state index is -0.519. The van der Waals surface area contributed by atoms with E-state index < -0.39 is 6.04 Å². The van der Waals surface area contributed by atoms with Gasteiger partial charge in [-0.2, -0.15) is 0 Å². The van der Waals surface area contributed by atoms with Crippen LogP contribution in [0.2, 0.25) is 0 Å². The lowest BCUT2D eigenvalue weighted by molar-refractivity contribution is -0.137. The van der Waals surface area contributed by atoms with Gasteiger partial charge in [-0.15, -0.1) is 22.7 Å². The molecule has 3 atom stereocenters. The van der Waals surface area contributed by atoms with Gasteiger partial charge < -0.3 is 15.1 Å². The fraction of sp³-hybridized carbons (Fsp3) is 0.417. The predicted molar refractivity (Wildman–Crippen MR) is 182 cm³/mol. The van der Waals surface area contributed by atoms with Crippen molar-refractivity contribution in [2.24, 2.45) is 5.92 Å². The van der Waals surface area contributed by atoms with E-state index in [0.29, 0.717) is 13.0 Å². The van der Waals surface area contributed by atoms with Gasteiger partial charge in [0.2, 0.25) is 17.7 Å². The van der Waals surface area contributed by atoms with Crippen LogP contribution in [0.25, 0.3) is 32.0 Å². The molecule has 2 aliphatic heterocycles. The van der Waals surface area contributed by atoms with Crippen LogP contribution >= 0.6 is 22.7 Å². The summed E-state index contributed by atoms with van der Waals surface area (Å²) in [6.45, 7) is 5.23. The van der Waals surface area contributed by atoms with E-state index in [2.05, 4.69) is 53.8 Å². The van der Waals surface area contributed by atoms with Gasteiger partial charge in [0.15, 0.2) is 0 Å². The topological polar surface area (TPSA) is 95.5 Å². The Kier molecular flexibility index (Phi) is 8.74. The van der Waals surface area contributed by atoms with Crippen molar-refractivity contribution in [2.75, 3.05) is 13.1 Å². The second-order valence-corrected chi connectivity index (χ2v) is 14.7. The van der Waals surface area contributed by atoms with E-state index in [1.54, 1.807) is 29.6 Å². The predicted octanol–water partition coefficient (Wildman–Crippen LogP) is 7.25. The van der Waals surface area contributed by atoms with Crippen molar-refractivity contribution in [2.45, 2.75) is 76.9 Å². The zero-order valence-electron chi connectivity index (χ0n) is 26.3. The Balaban J connectivity index is 0.999. The molecule has 3 amide bonds. The van der Waals surface area contributed by atoms with E-state index in [9.17, 15) is 14.4 Å². The van der Waals surface area contributed by atoms with Crippen LogP contribution < -0.4 is 5.32 Å². The van der Waals surface area contributed by atoms with Crippen molar-refractivity contribution >= 4 is 40.4 Å². The van der Waals surface area contributed by atoms with E-state index in [1.807, 2.05) is 29.1 Å². The third-order valence-electron chi connectivity index (χ3n) is 9.38. The van der Waals surface area contributed by atoms with E-state index in [1.165, 1.54) is 0 Å². The van der Waals surface area contributed by atoms with Crippen molar-refractivity contribution in [1.82, 2.24) is 25.1 Å². The number of likely N-dealkylation sites (tertiary alicyclic amines) is 2. The van der Waals surface area contributed by atoms with E-state index in [4.69, 9.17) is 9.97 Å². The highest BCUT2D eigenvalue weighted by atomic mass is 32.1. The Labute approximate surface area is 277 Å². The van der Waals surface area contributed by atoms with E-state index in [0.717, 1.165) is 87.1 Å². The zero-order valence-corrected chi connectivity index (χ0v) is 27.9. The summed E-state index contributed by atoms with van der Waals surface area (Å²) >= 11 is 3.33. The summed E-state index contributed by atoms with van der Waals surface area (Å²) in [6, 6.07) is 16.7. The third kappa shape index (κ3) is 6.25. The SMILES string of the molecule is CCC(=O)N1CCC[C@H]1c1ncc(-c2ccc(-c3ccc(-c4cnc([C@@H]5CCCN5C(=O)[C@@H](C)NC(=O)C5CC5)s4)cc3)cc2)s1. The number of carbonyl (C=O) groups excluding carboxylic acids is 3. The van der Waals surface area contributed by atoms with Crippen LogP contribution in [0.3, 0.4) is 0 Å². The molecule has 1 aliphatic carbocycles. The Morgan fingerprint density at radius 3 is 1.74 bits per heavy atom. The Morgan fingerprint density at radius 1 is 0.761 bits per heavy atom. The molecule has 8 nitrogen and oxygen atoms in total. The molecule has 46 heavy (non-hydrogen) atoms. The second kappa shape index (κ2) is 13.1. The molecule has 1 N–H and O–H groups in total. The summed E-state index contributed by atoms with van der Waals surface area (Å²) in [6.07, 6.45) is 10.1. The first-order valence-electron chi connectivity index (χ1n) is 16.4. The number of amides is 3. The average Bonchev–Trinajstić information content (AvgIpc) is 3.53. The lowest BCUT2D eigenvalue weighted by Crippen LogP contribution is -2.47. The van der Waals surface area contributed by atoms with Crippen LogP contribution in [0.4, 0.5) is 0 Å². The number of hydrogen-bond donors (Lipinski definition) is 1. The van der Waals surface area contributed by atoms with Crippen molar-refractivity contribution in [1.29, 1.82) is 0 Å². The van der Waals surface area contributed by atoms with Gasteiger partial charge in [-0.05, 0) is 67.7 Å². The molecule has 2 aromatic heterocycles. The van der Waals surface area contributed by atoms with Gasteiger partial charge >= 0.3 is 0 Å². The van der Waals surface area contributed by atoms with Crippen LogP contribution in [0, 0.1) is 5.92 Å². The Hall–Kier alpha value is -3.89. The molecule has 3 aliphatic rings. The number of thiazole rings is 2. The number of nitrogens with one attached hydrogen (secondary N) is 1. The van der Waals surface area contributed by atoms with Gasteiger partial charge in [-0.25, -0.2) is 9.97 Å². The van der Waals surface area contributed by atoms with Gasteiger partial charge in [0, 0.05) is 37.8 Å². The monoisotopic (exact) mass is 653 g/mol. The zero-order chi connectivity index (χ0) is 31.8. The largest absolute Gasteiger partial charge is 0.344 e. The van der Waals surface area contributed by atoms with Crippen molar-refractivity contribution in [3.63, 3.8) is 0 Å². The first-order valence-corrected chi connectivity index (χ1v) is 18.1. The minimum absolute atomic E-state index is 0.000840. The molecular weight excluding hydrogens is 615 g/mol. The van der Waals surface area contributed by atoms with Gasteiger partial charge in [0.05, 0.1) is 21.8 Å². The Bertz CT molecular complexity index is 1730. The number of benzene rings is 2. The maximum atomic E-state index is 13.2. The fourth-order valence-corrected chi connectivity index (χ4v) is 8.75. The summed E-state index contributed by atoms with van der Waals surface area (Å²) in [5, 5.41) is 4.88. The first kappa shape index (κ1) is 30.7. The lowest BCUT2D eigenvalue weighted by atomic mass is 10.0. The number of rotatable bonds is 9. The van der Waals surface area contributed by atoms with Gasteiger partial charge in [-0.1, -0.05) is 55.5 Å². The normalized spacial score (nSPS) is 20.2. The third-order valence-corrected chi connectivity index (χ3v) is 11.7. The summed E-state index contributed by atoms with van der Waals surface area (Å²) in [4.78, 5) is 53.4. The van der Waals surface area contributed by atoms with Crippen LogP contribution in [0.1, 0.15) is 80.9 Å². The van der Waals surface area contributed by atoms with Crippen molar-refractivity contribution in [3.05, 3.63) is 70.9 Å². The van der Waals surface area contributed by atoms with Crippen LogP contribution in [0.5, 0.6) is 0 Å². The smallest absolute Gasteiger partial charge is 0.245 e. The van der Waals surface area contributed by atoms with Crippen LogP contribution in [-0.2, 0) is 14.4 Å². The average molecular weight is 654 g/mol. The van der Waals surface area contributed by atoms with E-state index in [-0.39, 0.29) is 35.7 Å². The second-order valence-electron chi connectivity index (χ2n) is 12.6. The maximum Gasteiger partial charge on any atom is 0.245 e. The standard InChI is InChI=1S/C36H39N5O3S2/c1-3-32(42)40-18-4-6-28(40)34-37-20-30(45-34)25-12-8-23(9-13-25)24-10-14-26(15-11-24)31-21-38-35(46-31)29-7-5-19-41(29)36(44)22(2)39-33(43)27-16-17-27/h8-15,20-22,27-29H,3-7,16-19H2,1-2H3,(H,39,43)/t22-,28+,29+/m1/s1. The lowest BCUT2D eigenvalue weighted by Gasteiger charge is -2.26. The highest BCUT2D eigenvalue weighted by Crippen LogP contribution is 2.40. The molecule has 0 unspecified atom stereocenters. The molecule has 0 radical (unpaired) electrons. The first-order chi connectivity index (χ1) is 22.4. The summed E-state index contributed by atoms with van der Waals surface area (Å²) < 4.78 is 0. The van der Waals surface area contributed by atoms with Gasteiger partial charge in [0.1, 0.15) is 16.1 Å². The van der Waals surface area contributed by atoms with Crippen molar-refractivity contribution < 1.29 is 14.4 Å². The van der Waals surface area contributed by atoms with E-state index >= 15 is 0 Å². The highest BCUT2D eigenvalue weighted by molar-refractivity contribution is 7.15. The molecule has 1 saturated carbocycles. The van der Waals surface area contributed by atoms with Gasteiger partial charge in [-0.3, -0.25) is 14.4 Å². The number of aromatic nitrogens is 2. The molecule has 0 bridgehead atoms. The van der Waals surface area contributed by atoms with Crippen molar-refractivity contribution in [3.8, 4) is 32.0 Å². The molecule has 0 spiro atoms. The number of hydrogen-bond acceptors (Lipinski definition) is 7. The summed E-state index contributed by atoms with van der Waals surface area (Å²) in [7, 11) is 0. The number of nitrogens with zero attached hydrogens (tertiary/aromatic N) is 4. The molecule has 4 heterocycles. The molecule has 3 fully saturated rings. The molecule has 238 valence electrons. The van der Waals surface area contributed by atoms with Gasteiger partial charge in [0.25, 0.3) is 0 Å². The maximum absolute atomic E-state index is 13.2. The minimum Gasteiger partial charge on any atom is -0.344 e. The number of carbonyl (C=O) groups is 3. The quantitative estimate of drug-likeness (QED) is 0.205. The van der Waals surface area contributed by atoms with Crippen LogP contribution in [0.15, 0.2) is 60.9 Å². The molecule has 4 aromatic rings.